The highest BCUT2D eigenvalue weighted by Crippen LogP contribution is 2.20. The van der Waals surface area contributed by atoms with Gasteiger partial charge in [-0.1, -0.05) is 24.3 Å². The van der Waals surface area contributed by atoms with Crippen LogP contribution >= 0.6 is 0 Å². The average Bonchev–Trinajstić information content (AvgIpc) is 2.28. The molecule has 84 valence electrons. The average molecular weight is 217 g/mol. The van der Waals surface area contributed by atoms with Gasteiger partial charge in [-0.25, -0.2) is 0 Å². The van der Waals surface area contributed by atoms with Crippen molar-refractivity contribution < 1.29 is 9.90 Å². The van der Waals surface area contributed by atoms with Crippen molar-refractivity contribution in [3.05, 3.63) is 48.3 Å². The Morgan fingerprint density at radius 2 is 2.19 bits per heavy atom. The maximum Gasteiger partial charge on any atom is 0.169 e. The zero-order valence-electron chi connectivity index (χ0n) is 8.97. The number of carbonyl (C=O) groups is 1. The Balaban J connectivity index is 2.15. The van der Waals surface area contributed by atoms with Crippen LogP contribution in [0.3, 0.4) is 0 Å². The van der Waals surface area contributed by atoms with Crippen molar-refractivity contribution >= 4 is 5.78 Å². The van der Waals surface area contributed by atoms with Crippen molar-refractivity contribution in [2.75, 3.05) is 6.54 Å². The number of aliphatic hydroxyl groups excluding tert-OH is 1. The molecule has 0 aromatic carbocycles. The van der Waals surface area contributed by atoms with Crippen LogP contribution < -0.4 is 5.32 Å². The number of allylic oxidation sites excluding steroid dienone is 4. The molecular formula is C13H15NO2. The molecule has 0 aromatic rings. The molecule has 0 fully saturated rings. The molecule has 0 spiro atoms. The first kappa shape index (κ1) is 10.9. The molecule has 1 aliphatic carbocycles. The van der Waals surface area contributed by atoms with E-state index in [0.717, 1.165) is 6.42 Å². The molecule has 1 aliphatic heterocycles. The lowest BCUT2D eigenvalue weighted by atomic mass is 9.91. The van der Waals surface area contributed by atoms with Gasteiger partial charge in [-0.2, -0.15) is 0 Å². The molecule has 1 heterocycles. The molecule has 2 atom stereocenters. The molecule has 0 saturated carbocycles. The third kappa shape index (κ3) is 2.70. The number of hydrogen-bond acceptors (Lipinski definition) is 3. The third-order valence-corrected chi connectivity index (χ3v) is 2.78. The van der Waals surface area contributed by atoms with Gasteiger partial charge >= 0.3 is 0 Å². The Morgan fingerprint density at radius 1 is 1.31 bits per heavy atom. The van der Waals surface area contributed by atoms with Crippen LogP contribution in [0.1, 0.15) is 6.42 Å². The zero-order valence-corrected chi connectivity index (χ0v) is 8.97. The fraction of sp³-hybridized carbons (Fsp3) is 0.308. The van der Waals surface area contributed by atoms with Gasteiger partial charge in [0.15, 0.2) is 5.78 Å². The monoisotopic (exact) mass is 217 g/mol. The van der Waals surface area contributed by atoms with Gasteiger partial charge in [-0.15, -0.1) is 0 Å². The first-order valence-electron chi connectivity index (χ1n) is 5.44. The molecule has 16 heavy (non-hydrogen) atoms. The SMILES string of the molecule is O=C1/C=C\C=C/CC2C=CC(O)=CC2NC1. The quantitative estimate of drug-likeness (QED) is 0.648. The molecule has 0 amide bonds. The first-order valence-corrected chi connectivity index (χ1v) is 5.44. The van der Waals surface area contributed by atoms with Crippen LogP contribution in [0.4, 0.5) is 0 Å². The van der Waals surface area contributed by atoms with E-state index in [-0.39, 0.29) is 17.6 Å². The summed E-state index contributed by atoms with van der Waals surface area (Å²) in [4.78, 5) is 11.4. The van der Waals surface area contributed by atoms with Gasteiger partial charge in [0.1, 0.15) is 5.76 Å². The number of nitrogens with one attached hydrogen (secondary N) is 1. The summed E-state index contributed by atoms with van der Waals surface area (Å²) in [7, 11) is 0. The Kier molecular flexibility index (Phi) is 3.37. The first-order chi connectivity index (χ1) is 7.75. The molecule has 2 N–H and O–H groups in total. The normalized spacial score (nSPS) is 33.8. The van der Waals surface area contributed by atoms with E-state index in [1.165, 1.54) is 0 Å². The van der Waals surface area contributed by atoms with Crippen LogP contribution in [0.15, 0.2) is 48.3 Å². The maximum absolute atomic E-state index is 11.4. The van der Waals surface area contributed by atoms with E-state index in [0.29, 0.717) is 12.5 Å². The van der Waals surface area contributed by atoms with Crippen molar-refractivity contribution in [2.24, 2.45) is 5.92 Å². The number of ketones is 1. The Hall–Kier alpha value is -1.61. The zero-order chi connectivity index (χ0) is 11.4. The van der Waals surface area contributed by atoms with Gasteiger partial charge in [-0.05, 0) is 30.6 Å². The minimum absolute atomic E-state index is 0.0325. The third-order valence-electron chi connectivity index (χ3n) is 2.78. The second-order valence-corrected chi connectivity index (χ2v) is 4.01. The molecule has 0 saturated heterocycles. The minimum atomic E-state index is 0.0325. The van der Waals surface area contributed by atoms with Crippen LogP contribution in [-0.4, -0.2) is 23.5 Å². The van der Waals surface area contributed by atoms with E-state index >= 15 is 0 Å². The molecule has 2 unspecified atom stereocenters. The summed E-state index contributed by atoms with van der Waals surface area (Å²) in [6, 6.07) is 0.0325. The van der Waals surface area contributed by atoms with E-state index in [4.69, 9.17) is 0 Å². The second-order valence-electron chi connectivity index (χ2n) is 4.01. The number of hydrogen-bond donors (Lipinski definition) is 2. The molecular weight excluding hydrogens is 202 g/mol. The highest BCUT2D eigenvalue weighted by Gasteiger charge is 2.20. The molecule has 0 bridgehead atoms. The predicted molar refractivity (Wildman–Crippen MR) is 63.0 cm³/mol. The maximum atomic E-state index is 11.4. The van der Waals surface area contributed by atoms with Gasteiger partial charge in [0.2, 0.25) is 0 Å². The Morgan fingerprint density at radius 3 is 3.06 bits per heavy atom. The Labute approximate surface area is 94.9 Å². The predicted octanol–water partition coefficient (Wildman–Crippen LogP) is 1.66. The van der Waals surface area contributed by atoms with E-state index in [2.05, 4.69) is 5.32 Å². The summed E-state index contributed by atoms with van der Waals surface area (Å²) in [5.74, 6) is 0.608. The van der Waals surface area contributed by atoms with Crippen LogP contribution in [0, 0.1) is 5.92 Å². The lowest BCUT2D eigenvalue weighted by Gasteiger charge is -2.25. The lowest BCUT2D eigenvalue weighted by molar-refractivity contribution is -0.113. The topological polar surface area (TPSA) is 49.3 Å². The molecule has 0 radical (unpaired) electrons. The number of aliphatic hydroxyl groups is 1. The summed E-state index contributed by atoms with van der Waals surface area (Å²) >= 11 is 0. The smallest absolute Gasteiger partial charge is 0.169 e. The summed E-state index contributed by atoms with van der Waals surface area (Å²) in [5, 5.41) is 12.6. The van der Waals surface area contributed by atoms with Crippen molar-refractivity contribution in [3.63, 3.8) is 0 Å². The van der Waals surface area contributed by atoms with Crippen LogP contribution in [0.5, 0.6) is 0 Å². The summed E-state index contributed by atoms with van der Waals surface area (Å²) in [5.41, 5.74) is 0. The van der Waals surface area contributed by atoms with Gasteiger partial charge < -0.3 is 10.4 Å². The molecule has 0 aromatic heterocycles. The number of fused-ring (bicyclic) bond motifs is 1. The molecule has 3 nitrogen and oxygen atoms in total. The van der Waals surface area contributed by atoms with Crippen LogP contribution in [0.25, 0.3) is 0 Å². The van der Waals surface area contributed by atoms with Crippen LogP contribution in [-0.2, 0) is 4.79 Å². The van der Waals surface area contributed by atoms with Crippen molar-refractivity contribution in [2.45, 2.75) is 12.5 Å². The van der Waals surface area contributed by atoms with Gasteiger partial charge in [0.25, 0.3) is 0 Å². The second kappa shape index (κ2) is 4.94. The van der Waals surface area contributed by atoms with Gasteiger partial charge in [0, 0.05) is 6.04 Å². The van der Waals surface area contributed by atoms with E-state index in [9.17, 15) is 9.90 Å². The molecule has 2 aliphatic rings. The van der Waals surface area contributed by atoms with Crippen molar-refractivity contribution in [1.29, 1.82) is 0 Å². The van der Waals surface area contributed by atoms with Gasteiger partial charge in [-0.3, -0.25) is 4.79 Å². The fourth-order valence-corrected chi connectivity index (χ4v) is 1.90. The van der Waals surface area contributed by atoms with E-state index < -0.39 is 0 Å². The lowest BCUT2D eigenvalue weighted by Crippen LogP contribution is -2.38. The van der Waals surface area contributed by atoms with Gasteiger partial charge in [0.05, 0.1) is 6.54 Å². The van der Waals surface area contributed by atoms with E-state index in [1.54, 1.807) is 24.3 Å². The standard InChI is InChI=1S/C13H15NO2/c15-11-7-6-10-4-2-1-3-5-12(16)9-14-13(10)8-11/h1-3,5-8,10,13-15H,4,9H2/b2-1-,5-3-. The summed E-state index contributed by atoms with van der Waals surface area (Å²) < 4.78 is 0. The molecule has 3 heteroatoms. The highest BCUT2D eigenvalue weighted by atomic mass is 16.3. The summed E-state index contributed by atoms with van der Waals surface area (Å²) in [6.07, 6.45) is 13.6. The number of rotatable bonds is 0. The fourth-order valence-electron chi connectivity index (χ4n) is 1.90. The largest absolute Gasteiger partial charge is 0.508 e. The van der Waals surface area contributed by atoms with Crippen molar-refractivity contribution in [1.82, 2.24) is 5.32 Å². The van der Waals surface area contributed by atoms with Crippen LogP contribution in [0.2, 0.25) is 0 Å². The van der Waals surface area contributed by atoms with E-state index in [1.807, 2.05) is 18.2 Å². The molecule has 2 rings (SSSR count). The number of carbonyl (C=O) groups excluding carboxylic acids is 1. The highest BCUT2D eigenvalue weighted by molar-refractivity contribution is 5.91. The van der Waals surface area contributed by atoms with Crippen molar-refractivity contribution in [3.8, 4) is 0 Å². The summed E-state index contributed by atoms with van der Waals surface area (Å²) in [6.45, 7) is 0.309. The Bertz CT molecular complexity index is 391. The minimum Gasteiger partial charge on any atom is -0.508 e.